The van der Waals surface area contributed by atoms with Crippen molar-refractivity contribution in [1.29, 1.82) is 0 Å². The summed E-state index contributed by atoms with van der Waals surface area (Å²) in [6.45, 7) is 0. The molecule has 8 nitrogen and oxygen atoms in total. The van der Waals surface area contributed by atoms with E-state index in [1.807, 2.05) is 42.5 Å². The number of fused-ring (bicyclic) bond motifs is 1. The molecule has 0 radical (unpaired) electrons. The third-order valence-electron chi connectivity index (χ3n) is 4.54. The average Bonchev–Trinajstić information content (AvgIpc) is 3.16. The van der Waals surface area contributed by atoms with Crippen LogP contribution in [-0.2, 0) is 9.73 Å². The van der Waals surface area contributed by atoms with Crippen molar-refractivity contribution in [3.8, 4) is 10.4 Å². The van der Waals surface area contributed by atoms with Gasteiger partial charge in [0.05, 0.1) is 5.56 Å². The number of nitrogens with zero attached hydrogens (tertiary/aromatic N) is 2. The van der Waals surface area contributed by atoms with Gasteiger partial charge in [0.25, 0.3) is 5.91 Å². The Hall–Kier alpha value is -3.76. The van der Waals surface area contributed by atoms with Gasteiger partial charge in [-0.15, -0.1) is 11.3 Å². The second kappa shape index (κ2) is 9.00. The fourth-order valence-corrected chi connectivity index (χ4v) is 4.68. The quantitative estimate of drug-likeness (QED) is 0.377. The van der Waals surface area contributed by atoms with Crippen LogP contribution in [0.3, 0.4) is 0 Å². The van der Waals surface area contributed by atoms with Gasteiger partial charge in [-0.25, -0.2) is 14.0 Å². The summed E-state index contributed by atoms with van der Waals surface area (Å²) in [7, 11) is -2.59. The molecule has 168 valence electrons. The topological polar surface area (TPSA) is 127 Å². The fourth-order valence-electron chi connectivity index (χ4n) is 3.11. The number of thiophene rings is 1. The van der Waals surface area contributed by atoms with Gasteiger partial charge < -0.3 is 16.4 Å². The van der Waals surface area contributed by atoms with Crippen LogP contribution in [0.4, 0.5) is 22.0 Å². The van der Waals surface area contributed by atoms with Crippen molar-refractivity contribution in [2.75, 3.05) is 28.9 Å². The summed E-state index contributed by atoms with van der Waals surface area (Å²) in [6.07, 6.45) is 4.12. The van der Waals surface area contributed by atoms with Gasteiger partial charge in [0.15, 0.2) is 0 Å². The number of para-hydroxylation sites is 1. The third-order valence-corrected chi connectivity index (χ3v) is 6.29. The molecule has 2 aromatic heterocycles. The zero-order chi connectivity index (χ0) is 23.6. The predicted molar refractivity (Wildman–Crippen MR) is 135 cm³/mol. The minimum absolute atomic E-state index is 0.216. The Morgan fingerprint density at radius 3 is 2.45 bits per heavy atom. The van der Waals surface area contributed by atoms with Crippen LogP contribution in [0.1, 0.15) is 10.4 Å². The lowest BCUT2D eigenvalue weighted by Crippen LogP contribution is -2.19. The van der Waals surface area contributed by atoms with Crippen LogP contribution >= 0.6 is 11.3 Å². The Bertz CT molecular complexity index is 1480. The Morgan fingerprint density at radius 1 is 1.00 bits per heavy atom. The minimum atomic E-state index is -2.59. The second-order valence-electron chi connectivity index (χ2n) is 7.54. The molecule has 0 atom stereocenters. The molecule has 2 aromatic carbocycles. The van der Waals surface area contributed by atoms with Crippen LogP contribution in [0.25, 0.3) is 20.5 Å². The van der Waals surface area contributed by atoms with Crippen LogP contribution in [0.15, 0.2) is 71.2 Å². The van der Waals surface area contributed by atoms with E-state index in [0.717, 1.165) is 15.0 Å². The van der Waals surface area contributed by atoms with Crippen LogP contribution in [0.2, 0.25) is 0 Å². The Labute approximate surface area is 195 Å². The van der Waals surface area contributed by atoms with Crippen LogP contribution < -0.4 is 16.4 Å². The largest absolute Gasteiger partial charge is 0.383 e. The number of nitrogens with two attached hydrogens (primary N) is 1. The van der Waals surface area contributed by atoms with Crippen LogP contribution in [0, 0.1) is 0 Å². The normalized spacial score (nSPS) is 11.2. The van der Waals surface area contributed by atoms with Gasteiger partial charge in [-0.1, -0.05) is 18.2 Å². The molecule has 0 bridgehead atoms. The van der Waals surface area contributed by atoms with Gasteiger partial charge in [0.1, 0.15) is 5.82 Å². The molecule has 0 aliphatic rings. The van der Waals surface area contributed by atoms with Crippen molar-refractivity contribution in [2.24, 2.45) is 4.36 Å². The van der Waals surface area contributed by atoms with Gasteiger partial charge in [0, 0.05) is 55.0 Å². The maximum atomic E-state index is 12.3. The molecule has 4 N–H and O–H groups in total. The zero-order valence-corrected chi connectivity index (χ0v) is 19.5. The summed E-state index contributed by atoms with van der Waals surface area (Å²) >= 11 is 1.48. The van der Waals surface area contributed by atoms with Crippen molar-refractivity contribution < 1.29 is 13.8 Å². The first kappa shape index (κ1) is 22.4. The first-order valence-electron chi connectivity index (χ1n) is 9.82. The van der Waals surface area contributed by atoms with Gasteiger partial charge in [0.2, 0.25) is 0 Å². The van der Waals surface area contributed by atoms with E-state index < -0.39 is 15.6 Å². The van der Waals surface area contributed by atoms with Gasteiger partial charge in [-0.05, 0) is 47.9 Å². The number of carbonyl (C=O) groups excluding carboxylic acids is 2. The van der Waals surface area contributed by atoms with Crippen molar-refractivity contribution in [3.63, 3.8) is 0 Å². The lowest BCUT2D eigenvalue weighted by atomic mass is 10.1. The second-order valence-corrected chi connectivity index (χ2v) is 11.2. The summed E-state index contributed by atoms with van der Waals surface area (Å²) in [5.74, 6) is -0.330. The summed E-state index contributed by atoms with van der Waals surface area (Å²) in [5, 5.41) is 6.50. The molecule has 33 heavy (non-hydrogen) atoms. The number of aromatic nitrogens is 1. The number of nitrogens with one attached hydrogen (secondary N) is 2. The molecule has 0 spiro atoms. The molecular weight excluding hydrogens is 458 g/mol. The maximum absolute atomic E-state index is 12.3. The van der Waals surface area contributed by atoms with E-state index in [0.29, 0.717) is 16.9 Å². The first-order chi connectivity index (χ1) is 15.7. The Morgan fingerprint density at radius 2 is 1.73 bits per heavy atom. The fraction of sp³-hybridized carbons (Fsp3) is 0.0870. The van der Waals surface area contributed by atoms with Gasteiger partial charge in [-0.2, -0.15) is 4.36 Å². The summed E-state index contributed by atoms with van der Waals surface area (Å²) in [6, 6.07) is 17.9. The predicted octanol–water partition coefficient (Wildman–Crippen LogP) is 5.06. The van der Waals surface area contributed by atoms with Crippen molar-refractivity contribution in [1.82, 2.24) is 4.98 Å². The molecule has 4 rings (SSSR count). The Balaban J connectivity index is 1.60. The highest BCUT2D eigenvalue weighted by molar-refractivity contribution is 7.92. The van der Waals surface area contributed by atoms with E-state index in [1.165, 1.54) is 30.0 Å². The Kier molecular flexibility index (Phi) is 6.12. The first-order valence-corrected chi connectivity index (χ1v) is 13.0. The molecule has 0 saturated heterocycles. The molecule has 0 saturated carbocycles. The smallest absolute Gasteiger partial charge is 0.323 e. The number of urea groups is 1. The molecule has 0 unspecified atom stereocenters. The van der Waals surface area contributed by atoms with E-state index in [4.69, 9.17) is 5.73 Å². The average molecular weight is 480 g/mol. The van der Waals surface area contributed by atoms with Crippen LogP contribution in [-0.4, -0.2) is 33.6 Å². The molecule has 3 amide bonds. The molecule has 2 heterocycles. The lowest BCUT2D eigenvalue weighted by molar-refractivity contribution is 0.100. The van der Waals surface area contributed by atoms with E-state index in [9.17, 15) is 13.8 Å². The number of pyridine rings is 1. The number of anilines is 3. The number of amides is 3. The molecular formula is C23H21N5O3S2. The van der Waals surface area contributed by atoms with E-state index >= 15 is 0 Å². The molecule has 0 aliphatic heterocycles. The molecule has 0 aliphatic carbocycles. The summed E-state index contributed by atoms with van der Waals surface area (Å²) < 4.78 is 16.6. The van der Waals surface area contributed by atoms with Crippen molar-refractivity contribution >= 4 is 60.3 Å². The van der Waals surface area contributed by atoms with E-state index in [2.05, 4.69) is 20.0 Å². The SMILES string of the molecule is CS(C)(=O)=NC(=O)c1cnc(N)c(-c2cc3cc(NC(=O)Nc4ccccc4)ccc3s2)c1. The number of hydrogen-bond donors (Lipinski definition) is 3. The molecule has 4 aromatic rings. The number of carbonyl (C=O) groups is 2. The maximum Gasteiger partial charge on any atom is 0.323 e. The van der Waals surface area contributed by atoms with Gasteiger partial charge >= 0.3 is 6.03 Å². The van der Waals surface area contributed by atoms with Crippen LogP contribution in [0.5, 0.6) is 0 Å². The zero-order valence-electron chi connectivity index (χ0n) is 17.9. The number of nitrogen functional groups attached to an aromatic ring is 1. The van der Waals surface area contributed by atoms with Gasteiger partial charge in [-0.3, -0.25) is 4.79 Å². The molecule has 0 fully saturated rings. The van der Waals surface area contributed by atoms with E-state index in [1.54, 1.807) is 18.2 Å². The number of hydrogen-bond acceptors (Lipinski definition) is 6. The highest BCUT2D eigenvalue weighted by atomic mass is 32.2. The van der Waals surface area contributed by atoms with Crippen molar-refractivity contribution in [2.45, 2.75) is 0 Å². The lowest BCUT2D eigenvalue weighted by Gasteiger charge is -2.07. The number of benzene rings is 2. The molecule has 10 heteroatoms. The highest BCUT2D eigenvalue weighted by Gasteiger charge is 2.14. The summed E-state index contributed by atoms with van der Waals surface area (Å²) in [5.41, 5.74) is 8.21. The third kappa shape index (κ3) is 5.54. The standard InChI is InChI=1S/C23H21N5O3S2/c1-33(2,31)28-22(29)15-11-18(21(24)25-13-15)20-12-14-10-17(8-9-19(14)32-20)27-23(30)26-16-6-4-3-5-7-16/h3-13H,1-2H3,(H2,24,25)(H2,26,27,30). The number of rotatable bonds is 4. The van der Waals surface area contributed by atoms with Crippen molar-refractivity contribution in [3.05, 3.63) is 72.4 Å². The summed E-state index contributed by atoms with van der Waals surface area (Å²) in [4.78, 5) is 29.5. The minimum Gasteiger partial charge on any atom is -0.383 e. The monoisotopic (exact) mass is 479 g/mol. The highest BCUT2D eigenvalue weighted by Crippen LogP contribution is 2.37. The van der Waals surface area contributed by atoms with E-state index in [-0.39, 0.29) is 17.4 Å².